The number of hydrogen-bond acceptors (Lipinski definition) is 6. The van der Waals surface area contributed by atoms with Crippen LogP contribution in [0.4, 0.5) is 4.39 Å². The summed E-state index contributed by atoms with van der Waals surface area (Å²) in [5.74, 6) is 0.0106. The summed E-state index contributed by atoms with van der Waals surface area (Å²) in [4.78, 5) is 18.0. The van der Waals surface area contributed by atoms with Crippen molar-refractivity contribution in [2.75, 3.05) is 0 Å². The molecule has 0 aliphatic heterocycles. The highest BCUT2D eigenvalue weighted by Gasteiger charge is 2.44. The number of nitrogens with zero attached hydrogens (tertiary/aromatic N) is 2. The highest BCUT2D eigenvalue weighted by Crippen LogP contribution is 2.42. The molecule has 0 amide bonds. The zero-order valence-electron chi connectivity index (χ0n) is 14.0. The van der Waals surface area contributed by atoms with E-state index in [2.05, 4.69) is 10.1 Å². The van der Waals surface area contributed by atoms with Crippen molar-refractivity contribution in [3.8, 4) is 10.7 Å². The molecule has 2 aromatic heterocycles. The third-order valence-electron chi connectivity index (χ3n) is 4.76. The summed E-state index contributed by atoms with van der Waals surface area (Å²) < 4.78 is 24.3. The van der Waals surface area contributed by atoms with E-state index in [4.69, 9.17) is 9.26 Å². The Morgan fingerprint density at radius 3 is 2.85 bits per heavy atom. The van der Waals surface area contributed by atoms with E-state index >= 15 is 0 Å². The van der Waals surface area contributed by atoms with Crippen LogP contribution in [0.2, 0.25) is 0 Å². The predicted octanol–water partition coefficient (Wildman–Crippen LogP) is 4.49. The number of aromatic nitrogens is 2. The second-order valence-corrected chi connectivity index (χ2v) is 7.31. The molecule has 0 bridgehead atoms. The van der Waals surface area contributed by atoms with Crippen LogP contribution in [0.25, 0.3) is 10.7 Å². The normalized spacial score (nSPS) is 15.9. The van der Waals surface area contributed by atoms with Gasteiger partial charge in [0.2, 0.25) is 5.82 Å². The second kappa shape index (κ2) is 6.99. The quantitative estimate of drug-likeness (QED) is 0.617. The van der Waals surface area contributed by atoms with Gasteiger partial charge in [0.25, 0.3) is 5.89 Å². The Labute approximate surface area is 153 Å². The molecule has 2 heterocycles. The number of rotatable bonds is 5. The predicted molar refractivity (Wildman–Crippen MR) is 94.0 cm³/mol. The standard InChI is InChI=1S/C19H17FN2O3S/c20-14-6-3-5-13(11-14)19(8-1-2-9-19)18(23)24-12-16-21-17(22-25-16)15-7-4-10-26-15/h3-7,10-11H,1-2,8-9,12H2. The molecule has 134 valence electrons. The van der Waals surface area contributed by atoms with Crippen LogP contribution in [0, 0.1) is 5.82 Å². The van der Waals surface area contributed by atoms with Crippen molar-refractivity contribution in [1.82, 2.24) is 10.1 Å². The van der Waals surface area contributed by atoms with Crippen LogP contribution in [0.5, 0.6) is 0 Å². The molecule has 5 nitrogen and oxygen atoms in total. The van der Waals surface area contributed by atoms with E-state index in [1.807, 2.05) is 17.5 Å². The first-order chi connectivity index (χ1) is 12.7. The number of esters is 1. The smallest absolute Gasteiger partial charge is 0.317 e. The molecule has 0 atom stereocenters. The Kier molecular flexibility index (Phi) is 4.55. The van der Waals surface area contributed by atoms with E-state index in [9.17, 15) is 9.18 Å². The molecule has 0 spiro atoms. The topological polar surface area (TPSA) is 65.2 Å². The number of carbonyl (C=O) groups excluding carboxylic acids is 1. The Balaban J connectivity index is 1.49. The zero-order chi connectivity index (χ0) is 18.0. The van der Waals surface area contributed by atoms with Gasteiger partial charge in [-0.05, 0) is 42.0 Å². The van der Waals surface area contributed by atoms with Gasteiger partial charge < -0.3 is 9.26 Å². The number of halogens is 1. The molecule has 1 saturated carbocycles. The molecule has 7 heteroatoms. The van der Waals surface area contributed by atoms with E-state index in [0.717, 1.165) is 17.7 Å². The van der Waals surface area contributed by atoms with Gasteiger partial charge in [0.1, 0.15) is 5.82 Å². The van der Waals surface area contributed by atoms with Gasteiger partial charge in [-0.3, -0.25) is 4.79 Å². The molecule has 1 fully saturated rings. The Morgan fingerprint density at radius 2 is 2.12 bits per heavy atom. The second-order valence-electron chi connectivity index (χ2n) is 6.36. The molecule has 0 radical (unpaired) electrons. The van der Waals surface area contributed by atoms with Gasteiger partial charge in [0.15, 0.2) is 6.61 Å². The van der Waals surface area contributed by atoms with Crippen molar-refractivity contribution in [1.29, 1.82) is 0 Å². The Bertz CT molecular complexity index is 901. The van der Waals surface area contributed by atoms with E-state index in [1.54, 1.807) is 12.1 Å². The van der Waals surface area contributed by atoms with Crippen LogP contribution < -0.4 is 0 Å². The van der Waals surface area contributed by atoms with Crippen LogP contribution >= 0.6 is 11.3 Å². The minimum Gasteiger partial charge on any atom is -0.455 e. The van der Waals surface area contributed by atoms with Gasteiger partial charge in [0.05, 0.1) is 10.3 Å². The van der Waals surface area contributed by atoms with Crippen LogP contribution in [-0.4, -0.2) is 16.1 Å². The third kappa shape index (κ3) is 3.14. The fourth-order valence-electron chi connectivity index (χ4n) is 3.46. The lowest BCUT2D eigenvalue weighted by atomic mass is 9.79. The first-order valence-corrected chi connectivity index (χ1v) is 9.35. The molecule has 3 aromatic rings. The zero-order valence-corrected chi connectivity index (χ0v) is 14.8. The summed E-state index contributed by atoms with van der Waals surface area (Å²) in [6.07, 6.45) is 3.13. The van der Waals surface area contributed by atoms with E-state index < -0.39 is 5.41 Å². The summed E-state index contributed by atoms with van der Waals surface area (Å²) in [7, 11) is 0. The lowest BCUT2D eigenvalue weighted by molar-refractivity contribution is -0.152. The van der Waals surface area contributed by atoms with Gasteiger partial charge in [-0.25, -0.2) is 4.39 Å². The van der Waals surface area contributed by atoms with Gasteiger partial charge in [0, 0.05) is 0 Å². The van der Waals surface area contributed by atoms with Crippen LogP contribution in [0.15, 0.2) is 46.3 Å². The minimum atomic E-state index is -0.793. The highest BCUT2D eigenvalue weighted by molar-refractivity contribution is 7.13. The minimum absolute atomic E-state index is 0.0890. The van der Waals surface area contributed by atoms with E-state index in [0.29, 0.717) is 24.2 Å². The molecule has 26 heavy (non-hydrogen) atoms. The van der Waals surface area contributed by atoms with Crippen LogP contribution in [-0.2, 0) is 21.6 Å². The number of ether oxygens (including phenoxy) is 1. The number of hydrogen-bond donors (Lipinski definition) is 0. The molecular formula is C19H17FN2O3S. The molecule has 1 aliphatic rings. The van der Waals surface area contributed by atoms with Gasteiger partial charge >= 0.3 is 5.97 Å². The van der Waals surface area contributed by atoms with Crippen molar-refractivity contribution < 1.29 is 18.4 Å². The van der Waals surface area contributed by atoms with Crippen molar-refractivity contribution in [2.24, 2.45) is 0 Å². The van der Waals surface area contributed by atoms with Gasteiger partial charge in [-0.15, -0.1) is 11.3 Å². The molecular weight excluding hydrogens is 355 g/mol. The monoisotopic (exact) mass is 372 g/mol. The van der Waals surface area contributed by atoms with Crippen molar-refractivity contribution in [2.45, 2.75) is 37.7 Å². The summed E-state index contributed by atoms with van der Waals surface area (Å²) in [6.45, 7) is -0.0890. The largest absolute Gasteiger partial charge is 0.455 e. The molecule has 4 rings (SSSR count). The first kappa shape index (κ1) is 16.9. The lowest BCUT2D eigenvalue weighted by Gasteiger charge is -2.26. The van der Waals surface area contributed by atoms with E-state index in [-0.39, 0.29) is 24.3 Å². The van der Waals surface area contributed by atoms with E-state index in [1.165, 1.54) is 23.5 Å². The molecule has 1 aliphatic carbocycles. The van der Waals surface area contributed by atoms with Crippen LogP contribution in [0.3, 0.4) is 0 Å². The average Bonchev–Trinajstić information content (AvgIpc) is 3.41. The summed E-state index contributed by atoms with van der Waals surface area (Å²) in [6, 6.07) is 10.0. The SMILES string of the molecule is O=C(OCc1nc(-c2cccs2)no1)C1(c2cccc(F)c2)CCCC1. The fourth-order valence-corrected chi connectivity index (χ4v) is 4.11. The molecule has 0 N–H and O–H groups in total. The maximum absolute atomic E-state index is 13.7. The third-order valence-corrected chi connectivity index (χ3v) is 5.63. The maximum Gasteiger partial charge on any atom is 0.317 e. The maximum atomic E-state index is 13.7. The summed E-state index contributed by atoms with van der Waals surface area (Å²) >= 11 is 1.50. The first-order valence-electron chi connectivity index (χ1n) is 8.47. The van der Waals surface area contributed by atoms with Gasteiger partial charge in [-0.2, -0.15) is 4.98 Å². The summed E-state index contributed by atoms with van der Waals surface area (Å²) in [5.41, 5.74) is -0.122. The number of thiophene rings is 1. The molecule has 1 aromatic carbocycles. The fraction of sp³-hybridized carbons (Fsp3) is 0.316. The highest BCUT2D eigenvalue weighted by atomic mass is 32.1. The number of carbonyl (C=O) groups is 1. The average molecular weight is 372 g/mol. The molecule has 0 saturated heterocycles. The van der Waals surface area contributed by atoms with Crippen molar-refractivity contribution in [3.05, 3.63) is 59.0 Å². The van der Waals surface area contributed by atoms with Crippen LogP contribution in [0.1, 0.15) is 37.1 Å². The number of benzene rings is 1. The van der Waals surface area contributed by atoms with Crippen molar-refractivity contribution in [3.63, 3.8) is 0 Å². The molecule has 0 unspecified atom stereocenters. The van der Waals surface area contributed by atoms with Gasteiger partial charge in [-0.1, -0.05) is 36.2 Å². The Morgan fingerprint density at radius 1 is 1.27 bits per heavy atom. The van der Waals surface area contributed by atoms with Crippen molar-refractivity contribution >= 4 is 17.3 Å². The summed E-state index contributed by atoms with van der Waals surface area (Å²) in [5, 5.41) is 5.83. The lowest BCUT2D eigenvalue weighted by Crippen LogP contribution is -2.34. The Hall–Kier alpha value is -2.54.